The van der Waals surface area contributed by atoms with Crippen molar-refractivity contribution in [1.29, 1.82) is 0 Å². The lowest BCUT2D eigenvalue weighted by molar-refractivity contribution is 0.141. The number of hydrogen-bond donors (Lipinski definition) is 0. The second-order valence-corrected chi connectivity index (χ2v) is 6.25. The van der Waals surface area contributed by atoms with Gasteiger partial charge in [0.05, 0.1) is 5.52 Å². The van der Waals surface area contributed by atoms with Crippen LogP contribution in [0.4, 0.5) is 14.6 Å². The fourth-order valence-corrected chi connectivity index (χ4v) is 3.39. The van der Waals surface area contributed by atoms with Crippen molar-refractivity contribution >= 4 is 16.7 Å². The van der Waals surface area contributed by atoms with E-state index in [0.29, 0.717) is 16.7 Å². The van der Waals surface area contributed by atoms with Gasteiger partial charge < -0.3 is 4.90 Å². The first-order chi connectivity index (χ1) is 10.2. The molecule has 1 saturated carbocycles. The van der Waals surface area contributed by atoms with Crippen LogP contribution in [0.2, 0.25) is 0 Å². The number of halogens is 2. The first-order valence-electron chi connectivity index (χ1n) is 7.47. The third-order valence-corrected chi connectivity index (χ3v) is 4.71. The van der Waals surface area contributed by atoms with Gasteiger partial charge in [-0.25, -0.2) is 18.7 Å². The number of hydrogen-bond acceptors (Lipinski definition) is 3. The maximum atomic E-state index is 13.1. The molecule has 1 aliphatic carbocycles. The standard InChI is InChI=1S/C16H17F2N3/c17-13(18)14-19-12-5-2-1-4-11(12)15(20-14)21-9-3-6-16(10-21)7-8-16/h1-2,4-5,13H,3,6-10H2. The van der Waals surface area contributed by atoms with Crippen LogP contribution < -0.4 is 4.90 Å². The summed E-state index contributed by atoms with van der Waals surface area (Å²) in [6.45, 7) is 1.84. The van der Waals surface area contributed by atoms with Crippen molar-refractivity contribution in [2.45, 2.75) is 32.1 Å². The Hall–Kier alpha value is -1.78. The number of para-hydroxylation sites is 1. The molecule has 0 radical (unpaired) electrons. The summed E-state index contributed by atoms with van der Waals surface area (Å²) in [5.74, 6) is 0.320. The number of alkyl halides is 2. The zero-order chi connectivity index (χ0) is 14.4. The summed E-state index contributed by atoms with van der Waals surface area (Å²) in [6.07, 6.45) is 2.26. The predicted octanol–water partition coefficient (Wildman–Crippen LogP) is 3.95. The van der Waals surface area contributed by atoms with Crippen LogP contribution in [0, 0.1) is 5.41 Å². The van der Waals surface area contributed by atoms with Crippen LogP contribution in [0.5, 0.6) is 0 Å². The van der Waals surface area contributed by atoms with E-state index in [-0.39, 0.29) is 5.82 Å². The lowest BCUT2D eigenvalue weighted by Crippen LogP contribution is -2.37. The number of nitrogens with zero attached hydrogens (tertiary/aromatic N) is 3. The van der Waals surface area contributed by atoms with E-state index in [4.69, 9.17) is 0 Å². The van der Waals surface area contributed by atoms with E-state index < -0.39 is 6.43 Å². The Morgan fingerprint density at radius 1 is 1.10 bits per heavy atom. The summed E-state index contributed by atoms with van der Waals surface area (Å²) in [6, 6.07) is 7.44. The number of piperidine rings is 1. The lowest BCUT2D eigenvalue weighted by atomic mass is 9.95. The first kappa shape index (κ1) is 12.9. The Labute approximate surface area is 122 Å². The van der Waals surface area contributed by atoms with Crippen LogP contribution >= 0.6 is 0 Å². The number of rotatable bonds is 2. The minimum absolute atomic E-state index is 0.362. The summed E-state index contributed by atoms with van der Waals surface area (Å²) >= 11 is 0. The van der Waals surface area contributed by atoms with Gasteiger partial charge in [-0.1, -0.05) is 12.1 Å². The SMILES string of the molecule is FC(F)c1nc(N2CCCC3(CC3)C2)c2ccccc2n1. The number of benzene rings is 1. The molecule has 1 aromatic heterocycles. The van der Waals surface area contributed by atoms with E-state index in [1.54, 1.807) is 6.07 Å². The molecular weight excluding hydrogens is 272 g/mol. The fourth-order valence-electron chi connectivity index (χ4n) is 3.39. The molecule has 0 N–H and O–H groups in total. The zero-order valence-corrected chi connectivity index (χ0v) is 11.7. The van der Waals surface area contributed by atoms with Crippen LogP contribution in [-0.2, 0) is 0 Å². The van der Waals surface area contributed by atoms with E-state index in [9.17, 15) is 8.78 Å². The highest BCUT2D eigenvalue weighted by Gasteiger charge is 2.45. The highest BCUT2D eigenvalue weighted by atomic mass is 19.3. The second-order valence-electron chi connectivity index (χ2n) is 6.25. The predicted molar refractivity (Wildman–Crippen MR) is 77.6 cm³/mol. The summed E-state index contributed by atoms with van der Waals surface area (Å²) in [5, 5.41) is 0.875. The third-order valence-electron chi connectivity index (χ3n) is 4.71. The smallest absolute Gasteiger partial charge is 0.297 e. The van der Waals surface area contributed by atoms with Crippen LogP contribution in [-0.4, -0.2) is 23.1 Å². The molecule has 4 rings (SSSR count). The molecule has 5 heteroatoms. The van der Waals surface area contributed by atoms with Crippen LogP contribution in [0.25, 0.3) is 10.9 Å². The van der Waals surface area contributed by atoms with Gasteiger partial charge >= 0.3 is 0 Å². The van der Waals surface area contributed by atoms with Crippen molar-refractivity contribution in [3.05, 3.63) is 30.1 Å². The molecule has 1 spiro atoms. The van der Waals surface area contributed by atoms with Gasteiger partial charge in [0.2, 0.25) is 0 Å². The third kappa shape index (κ3) is 2.24. The Balaban J connectivity index is 1.82. The van der Waals surface area contributed by atoms with Crippen LogP contribution in [0.15, 0.2) is 24.3 Å². The Morgan fingerprint density at radius 2 is 1.90 bits per heavy atom. The van der Waals surface area contributed by atoms with Gasteiger partial charge in [0.25, 0.3) is 6.43 Å². The summed E-state index contributed by atoms with van der Waals surface area (Å²) in [4.78, 5) is 10.4. The Kier molecular flexibility index (Phi) is 2.84. The number of aromatic nitrogens is 2. The molecule has 3 nitrogen and oxygen atoms in total. The molecule has 110 valence electrons. The van der Waals surface area contributed by atoms with Gasteiger partial charge in [0.15, 0.2) is 5.82 Å². The molecule has 2 aromatic rings. The van der Waals surface area contributed by atoms with E-state index in [1.807, 2.05) is 18.2 Å². The topological polar surface area (TPSA) is 29.0 Å². The number of anilines is 1. The van der Waals surface area contributed by atoms with Crippen molar-refractivity contribution in [2.75, 3.05) is 18.0 Å². The fraction of sp³-hybridized carbons (Fsp3) is 0.500. The molecule has 0 unspecified atom stereocenters. The van der Waals surface area contributed by atoms with Gasteiger partial charge in [-0.3, -0.25) is 0 Å². The van der Waals surface area contributed by atoms with Crippen molar-refractivity contribution in [2.24, 2.45) is 5.41 Å². The molecule has 0 amide bonds. The molecule has 21 heavy (non-hydrogen) atoms. The largest absolute Gasteiger partial charge is 0.355 e. The maximum Gasteiger partial charge on any atom is 0.297 e. The van der Waals surface area contributed by atoms with Crippen molar-refractivity contribution in [1.82, 2.24) is 9.97 Å². The second kappa shape index (κ2) is 4.61. The average Bonchev–Trinajstić information content (AvgIpc) is 3.24. The van der Waals surface area contributed by atoms with Crippen LogP contribution in [0.3, 0.4) is 0 Å². The van der Waals surface area contributed by atoms with Gasteiger partial charge in [-0.15, -0.1) is 0 Å². The Morgan fingerprint density at radius 3 is 2.67 bits per heavy atom. The summed E-state index contributed by atoms with van der Waals surface area (Å²) in [5.41, 5.74) is 1.03. The molecule has 1 aromatic carbocycles. The molecule has 0 atom stereocenters. The molecule has 2 fully saturated rings. The molecule has 1 saturated heterocycles. The normalized spacial score (nSPS) is 20.4. The molecule has 2 heterocycles. The zero-order valence-electron chi connectivity index (χ0n) is 11.7. The monoisotopic (exact) mass is 289 g/mol. The Bertz CT molecular complexity index is 682. The van der Waals surface area contributed by atoms with Gasteiger partial charge in [0.1, 0.15) is 5.82 Å². The summed E-state index contributed by atoms with van der Waals surface area (Å²) in [7, 11) is 0. The lowest BCUT2D eigenvalue weighted by Gasteiger charge is -2.34. The first-order valence-corrected chi connectivity index (χ1v) is 7.47. The van der Waals surface area contributed by atoms with E-state index in [2.05, 4.69) is 14.9 Å². The van der Waals surface area contributed by atoms with E-state index in [1.165, 1.54) is 19.3 Å². The quantitative estimate of drug-likeness (QED) is 0.838. The minimum Gasteiger partial charge on any atom is -0.355 e. The number of fused-ring (bicyclic) bond motifs is 1. The minimum atomic E-state index is -2.63. The van der Waals surface area contributed by atoms with Crippen molar-refractivity contribution in [3.8, 4) is 0 Å². The molecule has 2 aliphatic rings. The molecular formula is C16H17F2N3. The van der Waals surface area contributed by atoms with Crippen molar-refractivity contribution < 1.29 is 8.78 Å². The average molecular weight is 289 g/mol. The van der Waals surface area contributed by atoms with E-state index in [0.717, 1.165) is 24.9 Å². The molecule has 0 bridgehead atoms. The van der Waals surface area contributed by atoms with Crippen molar-refractivity contribution in [3.63, 3.8) is 0 Å². The summed E-state index contributed by atoms with van der Waals surface area (Å²) < 4.78 is 26.1. The highest BCUT2D eigenvalue weighted by molar-refractivity contribution is 5.89. The van der Waals surface area contributed by atoms with Gasteiger partial charge in [-0.05, 0) is 43.2 Å². The van der Waals surface area contributed by atoms with Crippen LogP contribution in [0.1, 0.15) is 37.9 Å². The van der Waals surface area contributed by atoms with Gasteiger partial charge in [-0.2, -0.15) is 0 Å². The maximum absolute atomic E-state index is 13.1. The molecule has 1 aliphatic heterocycles. The van der Waals surface area contributed by atoms with Gasteiger partial charge in [0, 0.05) is 18.5 Å². The van der Waals surface area contributed by atoms with E-state index >= 15 is 0 Å². The highest BCUT2D eigenvalue weighted by Crippen LogP contribution is 2.52.